The smallest absolute Gasteiger partial charge is 0.306 e. The van der Waals surface area contributed by atoms with Gasteiger partial charge in [-0.05, 0) is 61.6 Å². The van der Waals surface area contributed by atoms with E-state index in [0.29, 0.717) is 22.9 Å². The van der Waals surface area contributed by atoms with Crippen molar-refractivity contribution in [3.8, 4) is 6.07 Å². The molecule has 0 bridgehead atoms. The Morgan fingerprint density at radius 3 is 2.61 bits per heavy atom. The number of methoxy groups -OCH3 is 1. The molecule has 0 unspecified atom stereocenters. The zero-order valence-electron chi connectivity index (χ0n) is 18.8. The number of carbonyl (C=O) groups excluding carboxylic acids is 1. The Kier molecular flexibility index (Phi) is 6.02. The van der Waals surface area contributed by atoms with E-state index in [1.165, 1.54) is 13.2 Å². The van der Waals surface area contributed by atoms with Gasteiger partial charge in [0, 0.05) is 23.3 Å². The first-order valence-electron chi connectivity index (χ1n) is 10.8. The van der Waals surface area contributed by atoms with Crippen molar-refractivity contribution in [3.05, 3.63) is 64.6 Å². The van der Waals surface area contributed by atoms with E-state index in [1.54, 1.807) is 12.1 Å². The molecule has 8 heteroatoms. The molecule has 172 valence electrons. The van der Waals surface area contributed by atoms with E-state index in [9.17, 15) is 17.6 Å². The highest BCUT2D eigenvalue weighted by Gasteiger charge is 2.33. The Morgan fingerprint density at radius 2 is 2.00 bits per heavy atom. The van der Waals surface area contributed by atoms with Crippen molar-refractivity contribution in [2.24, 2.45) is 0 Å². The van der Waals surface area contributed by atoms with Crippen LogP contribution in [0.5, 0.6) is 0 Å². The van der Waals surface area contributed by atoms with Crippen LogP contribution in [0.1, 0.15) is 60.5 Å². The van der Waals surface area contributed by atoms with Crippen LogP contribution in [0.15, 0.2) is 41.3 Å². The number of esters is 1. The third kappa shape index (κ3) is 4.13. The molecule has 0 radical (unpaired) electrons. The van der Waals surface area contributed by atoms with Crippen LogP contribution in [0.3, 0.4) is 0 Å². The number of hydrogen-bond acceptors (Lipinski definition) is 5. The van der Waals surface area contributed by atoms with Gasteiger partial charge in [0.2, 0.25) is 0 Å². The normalized spacial score (nSPS) is 16.8. The van der Waals surface area contributed by atoms with Gasteiger partial charge in [-0.1, -0.05) is 12.1 Å². The molecule has 0 saturated heterocycles. The van der Waals surface area contributed by atoms with Crippen LogP contribution in [0.4, 0.5) is 4.39 Å². The van der Waals surface area contributed by atoms with Crippen LogP contribution in [-0.4, -0.2) is 32.3 Å². The van der Waals surface area contributed by atoms with Crippen LogP contribution in [0.2, 0.25) is 0 Å². The second-order valence-corrected chi connectivity index (χ2v) is 10.6. The maximum atomic E-state index is 14.6. The lowest BCUT2D eigenvalue weighted by Gasteiger charge is -2.28. The first-order valence-corrected chi connectivity index (χ1v) is 12.7. The van der Waals surface area contributed by atoms with Gasteiger partial charge in [0.1, 0.15) is 5.82 Å². The molecular formula is C25H25FN2O4S. The highest BCUT2D eigenvalue weighted by Crippen LogP contribution is 2.45. The average Bonchev–Trinajstić information content (AvgIpc) is 3.12. The van der Waals surface area contributed by atoms with Crippen molar-refractivity contribution in [2.45, 2.75) is 49.5 Å². The molecule has 2 atom stereocenters. The Bertz CT molecular complexity index is 1380. The van der Waals surface area contributed by atoms with Crippen LogP contribution in [0, 0.1) is 17.1 Å². The summed E-state index contributed by atoms with van der Waals surface area (Å²) in [6.07, 6.45) is 3.47. The monoisotopic (exact) mass is 468 g/mol. The van der Waals surface area contributed by atoms with Gasteiger partial charge >= 0.3 is 5.97 Å². The van der Waals surface area contributed by atoms with Gasteiger partial charge in [0.25, 0.3) is 0 Å². The van der Waals surface area contributed by atoms with E-state index in [4.69, 9.17) is 10.00 Å². The second-order valence-electron chi connectivity index (χ2n) is 8.59. The largest absolute Gasteiger partial charge is 0.469 e. The predicted octanol–water partition coefficient (Wildman–Crippen LogP) is 4.65. The molecule has 0 spiro atoms. The minimum absolute atomic E-state index is 0.0655. The zero-order chi connectivity index (χ0) is 23.9. The fraction of sp³-hybridized carbons (Fsp3) is 0.360. The molecule has 2 aromatic carbocycles. The van der Waals surface area contributed by atoms with E-state index in [2.05, 4.69) is 6.07 Å². The third-order valence-corrected chi connectivity index (χ3v) is 7.60. The fourth-order valence-corrected chi connectivity index (χ4v) is 5.86. The van der Waals surface area contributed by atoms with Crippen LogP contribution < -0.4 is 0 Å². The molecule has 0 aliphatic heterocycles. The molecule has 1 aromatic heterocycles. The summed E-state index contributed by atoms with van der Waals surface area (Å²) in [5.74, 6) is -1.13. The predicted molar refractivity (Wildman–Crippen MR) is 122 cm³/mol. The first kappa shape index (κ1) is 23.0. The Labute approximate surface area is 192 Å². The van der Waals surface area contributed by atoms with E-state index in [0.717, 1.165) is 42.0 Å². The summed E-state index contributed by atoms with van der Waals surface area (Å²) >= 11 is 0. The molecule has 0 amide bonds. The minimum atomic E-state index is -3.74. The van der Waals surface area contributed by atoms with Gasteiger partial charge in [-0.15, -0.1) is 0 Å². The van der Waals surface area contributed by atoms with Gasteiger partial charge in [-0.25, -0.2) is 12.8 Å². The van der Waals surface area contributed by atoms with Gasteiger partial charge in [0.05, 0.1) is 41.6 Å². The summed E-state index contributed by atoms with van der Waals surface area (Å²) < 4.78 is 46.9. The van der Waals surface area contributed by atoms with Crippen molar-refractivity contribution in [1.29, 1.82) is 5.26 Å². The summed E-state index contributed by atoms with van der Waals surface area (Å²) in [6.45, 7) is 1.94. The Morgan fingerprint density at radius 1 is 1.30 bits per heavy atom. The van der Waals surface area contributed by atoms with Crippen molar-refractivity contribution >= 4 is 26.7 Å². The number of aromatic nitrogens is 1. The standard InChI is InChI=1S/C25H25FN2O4S/c1-15(17-9-7-16(14-27)8-10-17)28-24-18(11-23(29)32-2)5-4-6-20(24)21-12-19(26)13-22(25(21)28)33(3,30)31/h7-10,12-13,15,18H,4-6,11H2,1-3H3/t15-,18+/m0/s1. The molecule has 3 aromatic rings. The number of ether oxygens (including phenoxy) is 1. The van der Waals surface area contributed by atoms with Crippen molar-refractivity contribution in [2.75, 3.05) is 13.4 Å². The van der Waals surface area contributed by atoms with Crippen LogP contribution in [0.25, 0.3) is 10.9 Å². The molecule has 1 aliphatic carbocycles. The number of sulfone groups is 1. The van der Waals surface area contributed by atoms with E-state index < -0.39 is 15.7 Å². The van der Waals surface area contributed by atoms with Crippen molar-refractivity contribution < 1.29 is 22.3 Å². The molecule has 1 aliphatic rings. The number of fused-ring (bicyclic) bond motifs is 3. The third-order valence-electron chi connectivity index (χ3n) is 6.49. The number of nitrogens with zero attached hydrogens (tertiary/aromatic N) is 2. The lowest BCUT2D eigenvalue weighted by molar-refractivity contribution is -0.141. The average molecular weight is 469 g/mol. The number of rotatable bonds is 5. The van der Waals surface area contributed by atoms with Gasteiger partial charge in [-0.2, -0.15) is 5.26 Å². The SMILES string of the molecule is COC(=O)C[C@H]1CCCc2c1n([C@@H](C)c1ccc(C#N)cc1)c1c(S(C)(=O)=O)cc(F)cc21. The minimum Gasteiger partial charge on any atom is -0.469 e. The van der Waals surface area contributed by atoms with Crippen LogP contribution in [-0.2, 0) is 25.8 Å². The molecular weight excluding hydrogens is 443 g/mol. The summed E-state index contributed by atoms with van der Waals surface area (Å²) in [6, 6.07) is 11.4. The quantitative estimate of drug-likeness (QED) is 0.509. The number of hydrogen-bond donors (Lipinski definition) is 0. The highest BCUT2D eigenvalue weighted by molar-refractivity contribution is 7.91. The molecule has 0 saturated carbocycles. The fourth-order valence-electron chi connectivity index (χ4n) is 4.98. The Hall–Kier alpha value is -3.18. The molecule has 6 nitrogen and oxygen atoms in total. The van der Waals surface area contributed by atoms with Crippen molar-refractivity contribution in [1.82, 2.24) is 4.57 Å². The lowest BCUT2D eigenvalue weighted by Crippen LogP contribution is -2.20. The zero-order valence-corrected chi connectivity index (χ0v) is 19.6. The molecule has 33 heavy (non-hydrogen) atoms. The summed E-state index contributed by atoms with van der Waals surface area (Å²) in [5, 5.41) is 9.71. The molecule has 0 N–H and O–H groups in total. The topological polar surface area (TPSA) is 89.2 Å². The number of benzene rings is 2. The van der Waals surface area contributed by atoms with Gasteiger partial charge in [0.15, 0.2) is 9.84 Å². The maximum Gasteiger partial charge on any atom is 0.306 e. The number of aryl methyl sites for hydroxylation is 1. The number of carbonyl (C=O) groups is 1. The van der Waals surface area contributed by atoms with E-state index in [1.807, 2.05) is 23.6 Å². The van der Waals surface area contributed by atoms with Gasteiger partial charge in [-0.3, -0.25) is 4.79 Å². The maximum absolute atomic E-state index is 14.6. The summed E-state index contributed by atoms with van der Waals surface area (Å²) in [4.78, 5) is 12.1. The first-order chi connectivity index (χ1) is 15.7. The summed E-state index contributed by atoms with van der Waals surface area (Å²) in [7, 11) is -2.40. The van der Waals surface area contributed by atoms with E-state index in [-0.39, 0.29) is 29.2 Å². The molecule has 1 heterocycles. The van der Waals surface area contributed by atoms with Gasteiger partial charge < -0.3 is 9.30 Å². The summed E-state index contributed by atoms with van der Waals surface area (Å²) in [5.41, 5.74) is 3.59. The number of nitriles is 1. The van der Waals surface area contributed by atoms with Crippen LogP contribution >= 0.6 is 0 Å². The lowest BCUT2D eigenvalue weighted by atomic mass is 9.84. The molecule has 0 fully saturated rings. The van der Waals surface area contributed by atoms with Crippen molar-refractivity contribution in [3.63, 3.8) is 0 Å². The highest BCUT2D eigenvalue weighted by atomic mass is 32.2. The second kappa shape index (κ2) is 8.64. The number of halogens is 1. The Balaban J connectivity index is 2.06. The molecule has 4 rings (SSSR count). The van der Waals surface area contributed by atoms with E-state index >= 15 is 0 Å².